The fourth-order valence-corrected chi connectivity index (χ4v) is 4.66. The van der Waals surface area contributed by atoms with Gasteiger partial charge in [0.05, 0.1) is 31.2 Å². The first-order chi connectivity index (χ1) is 19.1. The number of hydrogen-bond donors (Lipinski definition) is 2. The van der Waals surface area contributed by atoms with Gasteiger partial charge in [0, 0.05) is 36.5 Å². The number of ether oxygens (including phenoxy) is 1. The van der Waals surface area contributed by atoms with Crippen molar-refractivity contribution in [2.45, 2.75) is 25.9 Å². The third kappa shape index (κ3) is 5.13. The lowest BCUT2D eigenvalue weighted by molar-refractivity contribution is -0.117. The van der Waals surface area contributed by atoms with Crippen molar-refractivity contribution in [2.24, 2.45) is 4.99 Å². The normalized spacial score (nSPS) is 17.4. The van der Waals surface area contributed by atoms with Crippen molar-refractivity contribution in [3.05, 3.63) is 71.9 Å². The Morgan fingerprint density at radius 1 is 1.03 bits per heavy atom. The van der Waals surface area contributed by atoms with Gasteiger partial charge in [0.2, 0.25) is 0 Å². The van der Waals surface area contributed by atoms with Crippen LogP contribution in [0.15, 0.2) is 70.2 Å². The van der Waals surface area contributed by atoms with Crippen molar-refractivity contribution in [1.82, 2.24) is 20.0 Å². The molecule has 0 bridgehead atoms. The van der Waals surface area contributed by atoms with Gasteiger partial charge in [-0.25, -0.2) is 0 Å². The van der Waals surface area contributed by atoms with E-state index in [1.54, 1.807) is 0 Å². The molecular formula is C28H30N8O3. The molecule has 11 nitrogen and oxygen atoms in total. The molecule has 2 aliphatic rings. The fraction of sp³-hybridized carbons (Fsp3) is 0.321. The number of nitrogens with zero attached hydrogens (tertiary/aromatic N) is 6. The van der Waals surface area contributed by atoms with Crippen LogP contribution in [0.25, 0.3) is 11.5 Å². The molecule has 4 heterocycles. The average Bonchev–Trinajstić information content (AvgIpc) is 3.59. The van der Waals surface area contributed by atoms with Gasteiger partial charge >= 0.3 is 6.01 Å². The van der Waals surface area contributed by atoms with E-state index in [0.29, 0.717) is 19.1 Å². The Kier molecular flexibility index (Phi) is 6.80. The molecule has 2 aliphatic heterocycles. The summed E-state index contributed by atoms with van der Waals surface area (Å²) >= 11 is 0. The van der Waals surface area contributed by atoms with E-state index < -0.39 is 6.04 Å². The number of benzene rings is 2. The molecule has 39 heavy (non-hydrogen) atoms. The Hall–Kier alpha value is -4.51. The first kappa shape index (κ1) is 24.8. The minimum absolute atomic E-state index is 0.175. The molecule has 0 saturated carbocycles. The highest BCUT2D eigenvalue weighted by Crippen LogP contribution is 2.31. The van der Waals surface area contributed by atoms with Crippen molar-refractivity contribution < 1.29 is 13.9 Å². The molecule has 0 spiro atoms. The predicted octanol–water partition coefficient (Wildman–Crippen LogP) is 3.62. The third-order valence-corrected chi connectivity index (χ3v) is 6.73. The number of nitrogens with one attached hydrogen (secondary N) is 2. The van der Waals surface area contributed by atoms with Gasteiger partial charge in [-0.2, -0.15) is 5.10 Å². The highest BCUT2D eigenvalue weighted by molar-refractivity contribution is 6.19. The highest BCUT2D eigenvalue weighted by Gasteiger charge is 2.27. The number of morpholine rings is 1. The van der Waals surface area contributed by atoms with E-state index in [-0.39, 0.29) is 24.5 Å². The lowest BCUT2D eigenvalue weighted by atomic mass is 10.0. The molecule has 0 radical (unpaired) electrons. The molecule has 6 rings (SSSR count). The Morgan fingerprint density at radius 2 is 1.79 bits per heavy atom. The monoisotopic (exact) mass is 526 g/mol. The minimum atomic E-state index is -0.712. The first-order valence-electron chi connectivity index (χ1n) is 13.1. The summed E-state index contributed by atoms with van der Waals surface area (Å²) < 4.78 is 13.4. The zero-order valence-corrected chi connectivity index (χ0v) is 21.9. The van der Waals surface area contributed by atoms with Crippen molar-refractivity contribution in [1.29, 1.82) is 0 Å². The minimum Gasteiger partial charge on any atom is -0.403 e. The van der Waals surface area contributed by atoms with Gasteiger partial charge in [0.15, 0.2) is 5.82 Å². The van der Waals surface area contributed by atoms with Gasteiger partial charge < -0.3 is 24.7 Å². The number of rotatable bonds is 7. The summed E-state index contributed by atoms with van der Waals surface area (Å²) in [6, 6.07) is 17.2. The largest absolute Gasteiger partial charge is 0.403 e. The summed E-state index contributed by atoms with van der Waals surface area (Å²) in [7, 11) is 0. The standard InChI is InChI=1S/C28H30N8O3/c1-18(2)36-17-21(25(34-36)35-12-14-38-15-13-35)27-32-33-28(39-27)29-16-23-26(37)31-22-11-7-6-10-20(22)24(30-23)19-8-4-3-5-9-19/h3-11,17-18,23H,12-16H2,1-2H3,(H,29,33)(H,31,37)/t23-/m1/s1. The molecule has 2 aromatic carbocycles. The van der Waals surface area contributed by atoms with Crippen LogP contribution in [0.3, 0.4) is 0 Å². The number of amides is 1. The second kappa shape index (κ2) is 10.7. The van der Waals surface area contributed by atoms with E-state index >= 15 is 0 Å². The fourth-order valence-electron chi connectivity index (χ4n) is 4.66. The van der Waals surface area contributed by atoms with Crippen molar-refractivity contribution in [3.8, 4) is 11.5 Å². The van der Waals surface area contributed by atoms with Crippen LogP contribution in [0.5, 0.6) is 0 Å². The van der Waals surface area contributed by atoms with Crippen LogP contribution in [0.1, 0.15) is 31.0 Å². The maximum atomic E-state index is 13.1. The van der Waals surface area contributed by atoms with Gasteiger partial charge in [-0.05, 0) is 19.9 Å². The summed E-state index contributed by atoms with van der Waals surface area (Å²) in [5.74, 6) is 0.936. The van der Waals surface area contributed by atoms with E-state index in [0.717, 1.165) is 47.0 Å². The number of aromatic nitrogens is 4. The van der Waals surface area contributed by atoms with Crippen molar-refractivity contribution in [3.63, 3.8) is 0 Å². The number of aliphatic imine (C=N–C) groups is 1. The molecule has 1 fully saturated rings. The zero-order chi connectivity index (χ0) is 26.8. The molecule has 11 heteroatoms. The number of carbonyl (C=O) groups excluding carboxylic acids is 1. The van der Waals surface area contributed by atoms with E-state index in [1.165, 1.54) is 0 Å². The summed E-state index contributed by atoms with van der Waals surface area (Å²) in [6.07, 6.45) is 1.93. The molecule has 1 saturated heterocycles. The number of hydrogen-bond acceptors (Lipinski definition) is 9. The maximum Gasteiger partial charge on any atom is 0.315 e. The quantitative estimate of drug-likeness (QED) is 0.374. The summed E-state index contributed by atoms with van der Waals surface area (Å²) in [4.78, 5) is 20.2. The Bertz CT molecular complexity index is 1490. The van der Waals surface area contributed by atoms with E-state index in [1.807, 2.05) is 65.5 Å². The molecule has 2 N–H and O–H groups in total. The molecular weight excluding hydrogens is 496 g/mol. The summed E-state index contributed by atoms with van der Waals surface area (Å²) in [5.41, 5.74) is 4.05. The predicted molar refractivity (Wildman–Crippen MR) is 148 cm³/mol. The smallest absolute Gasteiger partial charge is 0.315 e. The molecule has 200 valence electrons. The second-order valence-electron chi connectivity index (χ2n) is 9.73. The number of anilines is 3. The van der Waals surface area contributed by atoms with Gasteiger partial charge in [-0.15, -0.1) is 5.10 Å². The lowest BCUT2D eigenvalue weighted by Crippen LogP contribution is -2.36. The van der Waals surface area contributed by atoms with Crippen molar-refractivity contribution >= 4 is 29.1 Å². The van der Waals surface area contributed by atoms with E-state index in [2.05, 4.69) is 39.6 Å². The molecule has 2 aromatic heterocycles. The van der Waals surface area contributed by atoms with Gasteiger partial charge in [0.25, 0.3) is 11.8 Å². The van der Waals surface area contributed by atoms with Gasteiger partial charge in [-0.1, -0.05) is 53.6 Å². The van der Waals surface area contributed by atoms with E-state index in [4.69, 9.17) is 19.2 Å². The zero-order valence-electron chi connectivity index (χ0n) is 21.9. The van der Waals surface area contributed by atoms with E-state index in [9.17, 15) is 4.79 Å². The Labute approximate surface area is 225 Å². The van der Waals surface area contributed by atoms with Crippen molar-refractivity contribution in [2.75, 3.05) is 48.4 Å². The third-order valence-electron chi connectivity index (χ3n) is 6.73. The number of benzodiazepines with no additional fused rings is 1. The number of para-hydroxylation sites is 1. The van der Waals surface area contributed by atoms with Crippen LogP contribution in [0, 0.1) is 0 Å². The summed E-state index contributed by atoms with van der Waals surface area (Å²) in [5, 5.41) is 19.4. The lowest BCUT2D eigenvalue weighted by Gasteiger charge is -2.27. The SMILES string of the molecule is CC(C)n1cc(-c2nnc(NC[C@H]3N=C(c4ccccc4)c4ccccc4NC3=O)o2)c(N2CCOCC2)n1. The van der Waals surface area contributed by atoms with Gasteiger partial charge in [0.1, 0.15) is 11.6 Å². The topological polar surface area (TPSA) is 123 Å². The average molecular weight is 527 g/mol. The second-order valence-corrected chi connectivity index (χ2v) is 9.73. The number of carbonyl (C=O) groups is 1. The van der Waals surface area contributed by atoms with Crippen LogP contribution in [-0.2, 0) is 9.53 Å². The Morgan fingerprint density at radius 3 is 2.59 bits per heavy atom. The van der Waals surface area contributed by atoms with Crippen LogP contribution in [0.2, 0.25) is 0 Å². The van der Waals surface area contributed by atoms with Gasteiger partial charge in [-0.3, -0.25) is 14.5 Å². The molecule has 0 aliphatic carbocycles. The van der Waals surface area contributed by atoms with Crippen LogP contribution < -0.4 is 15.5 Å². The highest BCUT2D eigenvalue weighted by atomic mass is 16.5. The van der Waals surface area contributed by atoms with Crippen LogP contribution >= 0.6 is 0 Å². The molecule has 1 atom stereocenters. The van der Waals surface area contributed by atoms with Crippen LogP contribution in [0.4, 0.5) is 17.5 Å². The molecule has 1 amide bonds. The molecule has 4 aromatic rings. The maximum absolute atomic E-state index is 13.1. The van der Waals surface area contributed by atoms with Crippen LogP contribution in [-0.4, -0.2) is 70.5 Å². The Balaban J connectivity index is 1.25. The molecule has 0 unspecified atom stereocenters. The first-order valence-corrected chi connectivity index (χ1v) is 13.1. The summed E-state index contributed by atoms with van der Waals surface area (Å²) in [6.45, 7) is 7.08. The number of fused-ring (bicyclic) bond motifs is 1.